The second kappa shape index (κ2) is 6.35. The molecule has 0 aromatic heterocycles. The molecule has 0 bridgehead atoms. The molecule has 1 aliphatic carbocycles. The maximum Gasteiger partial charge on any atom is 0.105 e. The molecule has 1 saturated carbocycles. The van der Waals surface area contributed by atoms with Crippen LogP contribution in [0, 0.1) is 0 Å². The second-order valence-corrected chi connectivity index (χ2v) is 5.10. The molecule has 2 nitrogen and oxygen atoms in total. The Hall–Kier alpha value is -0.860. The summed E-state index contributed by atoms with van der Waals surface area (Å²) in [5.74, 6) is 0.648. The van der Waals surface area contributed by atoms with Crippen LogP contribution in [-0.2, 0) is 4.74 Å². The van der Waals surface area contributed by atoms with Crippen LogP contribution in [0.2, 0.25) is 0 Å². The van der Waals surface area contributed by atoms with Gasteiger partial charge < -0.3 is 9.84 Å². The van der Waals surface area contributed by atoms with E-state index in [-0.39, 0.29) is 6.10 Å². The highest BCUT2D eigenvalue weighted by Gasteiger charge is 2.27. The molecule has 18 heavy (non-hydrogen) atoms. The van der Waals surface area contributed by atoms with Crippen LogP contribution in [0.4, 0.5) is 0 Å². The Morgan fingerprint density at radius 3 is 2.56 bits per heavy atom. The fourth-order valence-corrected chi connectivity index (χ4v) is 2.72. The van der Waals surface area contributed by atoms with Gasteiger partial charge in [0.1, 0.15) is 6.10 Å². The number of ether oxygens (including phenoxy) is 1. The summed E-state index contributed by atoms with van der Waals surface area (Å²) < 4.78 is 5.64. The Morgan fingerprint density at radius 2 is 2.00 bits per heavy atom. The maximum absolute atomic E-state index is 10.5. The van der Waals surface area contributed by atoms with Gasteiger partial charge in [0.05, 0.1) is 6.10 Å². The third kappa shape index (κ3) is 2.76. The molecule has 1 aliphatic rings. The first-order chi connectivity index (χ1) is 8.77. The number of aliphatic hydroxyl groups excluding tert-OH is 1. The Balaban J connectivity index is 2.20. The zero-order valence-electron chi connectivity index (χ0n) is 11.4. The lowest BCUT2D eigenvalue weighted by atomic mass is 9.77. The monoisotopic (exact) mass is 248 g/mol. The molecule has 1 aromatic rings. The summed E-state index contributed by atoms with van der Waals surface area (Å²) in [5, 5.41) is 10.5. The van der Waals surface area contributed by atoms with E-state index in [0.29, 0.717) is 12.5 Å². The van der Waals surface area contributed by atoms with E-state index in [1.165, 1.54) is 24.8 Å². The van der Waals surface area contributed by atoms with Crippen LogP contribution in [0.25, 0.3) is 0 Å². The molecule has 2 unspecified atom stereocenters. The number of hydrogen-bond donors (Lipinski definition) is 1. The van der Waals surface area contributed by atoms with Crippen LogP contribution < -0.4 is 0 Å². The van der Waals surface area contributed by atoms with Gasteiger partial charge in [0.2, 0.25) is 0 Å². The highest BCUT2D eigenvalue weighted by atomic mass is 16.5. The van der Waals surface area contributed by atoms with Crippen molar-refractivity contribution in [2.24, 2.45) is 0 Å². The normalized spacial score (nSPS) is 19.3. The largest absolute Gasteiger partial charge is 0.386 e. The SMILES string of the molecule is CCOC(CC)C(O)c1ccccc1C1CCC1. The van der Waals surface area contributed by atoms with E-state index in [1.54, 1.807) is 0 Å². The molecule has 0 heterocycles. The molecular weight excluding hydrogens is 224 g/mol. The van der Waals surface area contributed by atoms with Gasteiger partial charge in [-0.3, -0.25) is 0 Å². The fourth-order valence-electron chi connectivity index (χ4n) is 2.72. The van der Waals surface area contributed by atoms with E-state index in [1.807, 2.05) is 13.0 Å². The van der Waals surface area contributed by atoms with Crippen molar-refractivity contribution < 1.29 is 9.84 Å². The quantitative estimate of drug-likeness (QED) is 0.829. The van der Waals surface area contributed by atoms with Crippen LogP contribution in [0.3, 0.4) is 0 Å². The summed E-state index contributed by atoms with van der Waals surface area (Å²) in [6.45, 7) is 4.70. The van der Waals surface area contributed by atoms with Gasteiger partial charge in [-0.25, -0.2) is 0 Å². The molecule has 0 amide bonds. The number of aliphatic hydroxyl groups is 1. The van der Waals surface area contributed by atoms with Crippen molar-refractivity contribution in [3.8, 4) is 0 Å². The standard InChI is InChI=1S/C16H24O2/c1-3-15(18-4-2)16(17)14-11-6-5-10-13(14)12-8-7-9-12/h5-6,10-12,15-17H,3-4,7-9H2,1-2H3. The first kappa shape index (κ1) is 13.6. The second-order valence-electron chi connectivity index (χ2n) is 5.10. The van der Waals surface area contributed by atoms with E-state index in [9.17, 15) is 5.11 Å². The average molecular weight is 248 g/mol. The van der Waals surface area contributed by atoms with Crippen molar-refractivity contribution in [2.45, 2.75) is 57.7 Å². The van der Waals surface area contributed by atoms with Crippen molar-refractivity contribution in [3.05, 3.63) is 35.4 Å². The Kier molecular flexibility index (Phi) is 4.79. The smallest absolute Gasteiger partial charge is 0.105 e. The topological polar surface area (TPSA) is 29.5 Å². The van der Waals surface area contributed by atoms with Crippen molar-refractivity contribution in [1.29, 1.82) is 0 Å². The summed E-state index contributed by atoms with van der Waals surface area (Å²) in [6, 6.07) is 8.31. The minimum Gasteiger partial charge on any atom is -0.386 e. The van der Waals surface area contributed by atoms with Gasteiger partial charge in [-0.05, 0) is 43.2 Å². The van der Waals surface area contributed by atoms with Crippen LogP contribution >= 0.6 is 0 Å². The average Bonchev–Trinajstić information content (AvgIpc) is 2.34. The first-order valence-corrected chi connectivity index (χ1v) is 7.16. The zero-order chi connectivity index (χ0) is 13.0. The number of rotatable bonds is 6. The number of benzene rings is 1. The van der Waals surface area contributed by atoms with E-state index in [0.717, 1.165) is 12.0 Å². The summed E-state index contributed by atoms with van der Waals surface area (Å²) in [7, 11) is 0. The van der Waals surface area contributed by atoms with Gasteiger partial charge in [-0.1, -0.05) is 37.6 Å². The number of hydrogen-bond acceptors (Lipinski definition) is 2. The molecule has 1 N–H and O–H groups in total. The lowest BCUT2D eigenvalue weighted by Gasteiger charge is -2.31. The van der Waals surface area contributed by atoms with E-state index in [4.69, 9.17) is 4.74 Å². The third-order valence-electron chi connectivity index (χ3n) is 3.99. The van der Waals surface area contributed by atoms with Gasteiger partial charge >= 0.3 is 0 Å². The Labute approximate surface area is 110 Å². The predicted molar refractivity (Wildman–Crippen MR) is 73.7 cm³/mol. The highest BCUT2D eigenvalue weighted by Crippen LogP contribution is 2.40. The Morgan fingerprint density at radius 1 is 1.28 bits per heavy atom. The molecule has 2 heteroatoms. The van der Waals surface area contributed by atoms with Gasteiger partial charge in [-0.2, -0.15) is 0 Å². The third-order valence-corrected chi connectivity index (χ3v) is 3.99. The van der Waals surface area contributed by atoms with Gasteiger partial charge in [0.15, 0.2) is 0 Å². The molecule has 2 rings (SSSR count). The molecule has 2 atom stereocenters. The summed E-state index contributed by atoms with van der Waals surface area (Å²) in [6.07, 6.45) is 4.10. The van der Waals surface area contributed by atoms with Crippen LogP contribution in [0.5, 0.6) is 0 Å². The molecule has 100 valence electrons. The minimum atomic E-state index is -0.494. The van der Waals surface area contributed by atoms with Gasteiger partial charge in [-0.15, -0.1) is 0 Å². The summed E-state index contributed by atoms with van der Waals surface area (Å²) >= 11 is 0. The van der Waals surface area contributed by atoms with Crippen molar-refractivity contribution >= 4 is 0 Å². The summed E-state index contributed by atoms with van der Waals surface area (Å²) in [5.41, 5.74) is 2.40. The predicted octanol–water partition coefficient (Wildman–Crippen LogP) is 3.80. The van der Waals surface area contributed by atoms with Gasteiger partial charge in [0.25, 0.3) is 0 Å². The van der Waals surface area contributed by atoms with Crippen molar-refractivity contribution in [2.75, 3.05) is 6.61 Å². The minimum absolute atomic E-state index is 0.0868. The lowest BCUT2D eigenvalue weighted by molar-refractivity contribution is -0.0361. The summed E-state index contributed by atoms with van der Waals surface area (Å²) in [4.78, 5) is 0. The van der Waals surface area contributed by atoms with Crippen LogP contribution in [-0.4, -0.2) is 17.8 Å². The maximum atomic E-state index is 10.5. The lowest BCUT2D eigenvalue weighted by Crippen LogP contribution is -2.24. The molecule has 0 saturated heterocycles. The fraction of sp³-hybridized carbons (Fsp3) is 0.625. The molecule has 1 aromatic carbocycles. The molecule has 0 radical (unpaired) electrons. The first-order valence-electron chi connectivity index (χ1n) is 7.16. The molecule has 0 spiro atoms. The van der Waals surface area contributed by atoms with E-state index in [2.05, 4.69) is 25.1 Å². The molecule has 1 fully saturated rings. The van der Waals surface area contributed by atoms with Crippen LogP contribution in [0.15, 0.2) is 24.3 Å². The Bertz CT molecular complexity index is 371. The van der Waals surface area contributed by atoms with E-state index >= 15 is 0 Å². The van der Waals surface area contributed by atoms with Crippen molar-refractivity contribution in [3.63, 3.8) is 0 Å². The van der Waals surface area contributed by atoms with Gasteiger partial charge in [0, 0.05) is 6.61 Å². The molecular formula is C16H24O2. The molecule has 0 aliphatic heterocycles. The van der Waals surface area contributed by atoms with Crippen LogP contribution in [0.1, 0.15) is 62.7 Å². The van der Waals surface area contributed by atoms with E-state index < -0.39 is 6.10 Å². The highest BCUT2D eigenvalue weighted by molar-refractivity contribution is 5.34. The van der Waals surface area contributed by atoms with Crippen molar-refractivity contribution in [1.82, 2.24) is 0 Å². The zero-order valence-corrected chi connectivity index (χ0v) is 11.4.